The van der Waals surface area contributed by atoms with Crippen molar-refractivity contribution in [3.8, 4) is 0 Å². The lowest BCUT2D eigenvalue weighted by molar-refractivity contribution is -0.138. The number of hydrogen-bond donors (Lipinski definition) is 1. The number of carboxylic acids is 1. The van der Waals surface area contributed by atoms with Crippen LogP contribution >= 0.6 is 11.6 Å². The van der Waals surface area contributed by atoms with E-state index in [1.165, 1.54) is 4.90 Å². The molecule has 1 aromatic carbocycles. The second-order valence-corrected chi connectivity index (χ2v) is 4.50. The maximum Gasteiger partial charge on any atom is 0.326 e. The first-order valence-electron chi connectivity index (χ1n) is 5.31. The third-order valence-corrected chi connectivity index (χ3v) is 3.34. The van der Waals surface area contributed by atoms with E-state index >= 15 is 0 Å². The van der Waals surface area contributed by atoms with E-state index in [2.05, 4.69) is 0 Å². The molecule has 0 aliphatic carbocycles. The minimum absolute atomic E-state index is 0.169. The van der Waals surface area contributed by atoms with Crippen molar-refractivity contribution in [3.63, 3.8) is 0 Å². The molecule has 2 rings (SSSR count). The summed E-state index contributed by atoms with van der Waals surface area (Å²) in [5, 5.41) is 9.59. The number of nitrogens with zero attached hydrogens (tertiary/aromatic N) is 1. The fraction of sp³-hybridized carbons (Fsp3) is 0.333. The molecule has 0 radical (unpaired) electrons. The van der Waals surface area contributed by atoms with Crippen LogP contribution in [0.2, 0.25) is 5.02 Å². The topological polar surface area (TPSA) is 57.6 Å². The van der Waals surface area contributed by atoms with Gasteiger partial charge in [0.15, 0.2) is 0 Å². The molecule has 17 heavy (non-hydrogen) atoms. The molecule has 1 amide bonds. The second kappa shape index (κ2) is 4.37. The van der Waals surface area contributed by atoms with Gasteiger partial charge in [-0.2, -0.15) is 0 Å². The van der Waals surface area contributed by atoms with Crippen LogP contribution in [-0.4, -0.2) is 23.0 Å². The van der Waals surface area contributed by atoms with Gasteiger partial charge in [0.25, 0.3) is 0 Å². The quantitative estimate of drug-likeness (QED) is 0.879. The number of hydrogen-bond acceptors (Lipinski definition) is 2. The van der Waals surface area contributed by atoms with Crippen molar-refractivity contribution in [3.05, 3.63) is 28.8 Å². The van der Waals surface area contributed by atoms with Crippen molar-refractivity contribution in [1.82, 2.24) is 0 Å². The molecule has 0 bridgehead atoms. The van der Waals surface area contributed by atoms with E-state index in [0.29, 0.717) is 17.1 Å². The molecular formula is C12H12ClNO3. The number of aliphatic carboxylic acids is 1. The molecule has 1 aromatic rings. The largest absolute Gasteiger partial charge is 0.480 e. The molecule has 1 heterocycles. The lowest BCUT2D eigenvalue weighted by Gasteiger charge is -2.22. The Kier molecular flexibility index (Phi) is 3.07. The number of aryl methyl sites for hydroxylation is 1. The lowest BCUT2D eigenvalue weighted by Crippen LogP contribution is -2.38. The van der Waals surface area contributed by atoms with E-state index in [0.717, 1.165) is 5.56 Å². The van der Waals surface area contributed by atoms with Gasteiger partial charge in [0, 0.05) is 17.1 Å². The summed E-state index contributed by atoms with van der Waals surface area (Å²) in [5.41, 5.74) is 1.45. The number of rotatable bonds is 2. The van der Waals surface area contributed by atoms with Crippen LogP contribution in [0.3, 0.4) is 0 Å². The van der Waals surface area contributed by atoms with Gasteiger partial charge in [-0.15, -0.1) is 0 Å². The van der Waals surface area contributed by atoms with Crippen LogP contribution in [0, 0.1) is 6.92 Å². The average molecular weight is 254 g/mol. The number of carboxylic acid groups (broad SMARTS) is 1. The minimum Gasteiger partial charge on any atom is -0.480 e. The predicted octanol–water partition coefficient (Wildman–Crippen LogP) is 2.23. The van der Waals surface area contributed by atoms with Crippen molar-refractivity contribution in [1.29, 1.82) is 0 Å². The van der Waals surface area contributed by atoms with E-state index in [1.807, 2.05) is 6.92 Å². The van der Waals surface area contributed by atoms with Gasteiger partial charge in [0.05, 0.1) is 0 Å². The van der Waals surface area contributed by atoms with Gasteiger partial charge in [-0.05, 0) is 31.0 Å². The molecular weight excluding hydrogens is 242 g/mol. The molecule has 1 fully saturated rings. The number of carbonyl (C=O) groups is 2. The maximum atomic E-state index is 11.7. The Morgan fingerprint density at radius 3 is 2.82 bits per heavy atom. The Balaban J connectivity index is 2.39. The van der Waals surface area contributed by atoms with Gasteiger partial charge in [0.1, 0.15) is 6.04 Å². The Bertz CT molecular complexity index is 487. The highest BCUT2D eigenvalue weighted by molar-refractivity contribution is 6.31. The molecule has 5 heteroatoms. The number of benzene rings is 1. The first-order chi connectivity index (χ1) is 8.00. The summed E-state index contributed by atoms with van der Waals surface area (Å²) < 4.78 is 0. The van der Waals surface area contributed by atoms with Gasteiger partial charge in [-0.1, -0.05) is 17.7 Å². The normalized spacial score (nSPS) is 19.8. The van der Waals surface area contributed by atoms with Crippen LogP contribution in [0.15, 0.2) is 18.2 Å². The third-order valence-electron chi connectivity index (χ3n) is 2.93. The molecule has 1 N–H and O–H groups in total. The van der Waals surface area contributed by atoms with Gasteiger partial charge < -0.3 is 5.11 Å². The Morgan fingerprint density at radius 1 is 1.53 bits per heavy atom. The SMILES string of the molecule is Cc1ccc(N2C(=O)CCC2C(=O)O)cc1Cl. The zero-order chi connectivity index (χ0) is 12.6. The number of amides is 1. The van der Waals surface area contributed by atoms with E-state index in [4.69, 9.17) is 16.7 Å². The van der Waals surface area contributed by atoms with Crippen LogP contribution in [-0.2, 0) is 9.59 Å². The van der Waals surface area contributed by atoms with Gasteiger partial charge >= 0.3 is 5.97 Å². The molecule has 1 atom stereocenters. The maximum absolute atomic E-state index is 11.7. The lowest BCUT2D eigenvalue weighted by atomic mass is 10.2. The molecule has 0 saturated carbocycles. The summed E-state index contributed by atoms with van der Waals surface area (Å²) in [5.74, 6) is -1.15. The Morgan fingerprint density at radius 2 is 2.24 bits per heavy atom. The van der Waals surface area contributed by atoms with Crippen molar-refractivity contribution in [2.45, 2.75) is 25.8 Å². The molecule has 1 aliphatic heterocycles. The predicted molar refractivity (Wildman–Crippen MR) is 64.3 cm³/mol. The first-order valence-corrected chi connectivity index (χ1v) is 5.69. The molecule has 0 aromatic heterocycles. The summed E-state index contributed by atoms with van der Waals surface area (Å²) in [4.78, 5) is 24.1. The monoisotopic (exact) mass is 253 g/mol. The zero-order valence-corrected chi connectivity index (χ0v) is 10.1. The fourth-order valence-electron chi connectivity index (χ4n) is 1.97. The summed E-state index contributed by atoms with van der Waals surface area (Å²) in [6.45, 7) is 1.85. The summed E-state index contributed by atoms with van der Waals surface area (Å²) in [7, 11) is 0. The van der Waals surface area contributed by atoms with E-state index < -0.39 is 12.0 Å². The van der Waals surface area contributed by atoms with Gasteiger partial charge in [-0.25, -0.2) is 4.79 Å². The second-order valence-electron chi connectivity index (χ2n) is 4.09. The number of carbonyl (C=O) groups excluding carboxylic acids is 1. The number of halogens is 1. The van der Waals surface area contributed by atoms with E-state index in [-0.39, 0.29) is 12.3 Å². The van der Waals surface area contributed by atoms with Gasteiger partial charge in [0.2, 0.25) is 5.91 Å². The molecule has 1 aliphatic rings. The summed E-state index contributed by atoms with van der Waals surface area (Å²) >= 11 is 5.98. The standard InChI is InChI=1S/C12H12ClNO3/c1-7-2-3-8(6-9(7)13)14-10(12(16)17)4-5-11(14)15/h2-3,6,10H,4-5H2,1H3,(H,16,17). The van der Waals surface area contributed by atoms with Crippen molar-refractivity contribution < 1.29 is 14.7 Å². The van der Waals surface area contributed by atoms with Crippen LogP contribution in [0.5, 0.6) is 0 Å². The van der Waals surface area contributed by atoms with Crippen molar-refractivity contribution >= 4 is 29.2 Å². The van der Waals surface area contributed by atoms with Gasteiger partial charge in [-0.3, -0.25) is 9.69 Å². The Labute approximate surface area is 104 Å². The average Bonchev–Trinajstić information content (AvgIpc) is 2.64. The van der Waals surface area contributed by atoms with Crippen LogP contribution in [0.1, 0.15) is 18.4 Å². The highest BCUT2D eigenvalue weighted by atomic mass is 35.5. The highest BCUT2D eigenvalue weighted by Gasteiger charge is 2.37. The molecule has 1 unspecified atom stereocenters. The fourth-order valence-corrected chi connectivity index (χ4v) is 2.15. The number of anilines is 1. The summed E-state index contributed by atoms with van der Waals surface area (Å²) in [6, 6.07) is 4.36. The van der Waals surface area contributed by atoms with Crippen molar-refractivity contribution in [2.24, 2.45) is 0 Å². The van der Waals surface area contributed by atoms with Crippen molar-refractivity contribution in [2.75, 3.05) is 4.90 Å². The molecule has 90 valence electrons. The smallest absolute Gasteiger partial charge is 0.326 e. The molecule has 1 saturated heterocycles. The van der Waals surface area contributed by atoms with Crippen LogP contribution < -0.4 is 4.90 Å². The van der Waals surface area contributed by atoms with E-state index in [1.54, 1.807) is 18.2 Å². The van der Waals surface area contributed by atoms with E-state index in [9.17, 15) is 9.59 Å². The Hall–Kier alpha value is -1.55. The molecule has 0 spiro atoms. The molecule has 4 nitrogen and oxygen atoms in total. The first kappa shape index (κ1) is 11.9. The highest BCUT2D eigenvalue weighted by Crippen LogP contribution is 2.30. The summed E-state index contributed by atoms with van der Waals surface area (Å²) in [6.07, 6.45) is 0.613. The minimum atomic E-state index is -0.979. The van der Waals surface area contributed by atoms with Crippen LogP contribution in [0.4, 0.5) is 5.69 Å². The zero-order valence-electron chi connectivity index (χ0n) is 9.31. The van der Waals surface area contributed by atoms with Crippen LogP contribution in [0.25, 0.3) is 0 Å². The third kappa shape index (κ3) is 2.13.